The van der Waals surface area contributed by atoms with E-state index in [4.69, 9.17) is 9.47 Å². The molecular weight excluding hydrogens is 416 g/mol. The maximum absolute atomic E-state index is 12.9. The summed E-state index contributed by atoms with van der Waals surface area (Å²) in [5.74, 6) is 0.800. The topological polar surface area (TPSA) is 84.9 Å². The standard InChI is InChI=1S/C23H24N2O5S/c1-25(19-10-4-3-5-11-19)31(27,28)20-12-8-9-18(17-20)23(26)24-15-16-30-22-14-7-6-13-21(22)29-2/h3-14,17H,15-16H2,1-2H3,(H,24,26). The number of ether oxygens (including phenoxy) is 2. The zero-order valence-corrected chi connectivity index (χ0v) is 18.1. The van der Waals surface area contributed by atoms with Crippen molar-refractivity contribution < 1.29 is 22.7 Å². The zero-order valence-electron chi connectivity index (χ0n) is 17.3. The van der Waals surface area contributed by atoms with E-state index in [1.807, 2.05) is 18.2 Å². The molecule has 3 aromatic rings. The maximum atomic E-state index is 12.9. The van der Waals surface area contributed by atoms with E-state index >= 15 is 0 Å². The average Bonchev–Trinajstić information content (AvgIpc) is 2.82. The van der Waals surface area contributed by atoms with Gasteiger partial charge in [0.1, 0.15) is 6.61 Å². The van der Waals surface area contributed by atoms with Gasteiger partial charge in [-0.3, -0.25) is 9.10 Å². The number of benzene rings is 3. The highest BCUT2D eigenvalue weighted by molar-refractivity contribution is 7.92. The molecule has 3 rings (SSSR count). The lowest BCUT2D eigenvalue weighted by atomic mass is 10.2. The van der Waals surface area contributed by atoms with Gasteiger partial charge in [0.15, 0.2) is 11.5 Å². The average molecular weight is 441 g/mol. The molecule has 162 valence electrons. The van der Waals surface area contributed by atoms with Crippen LogP contribution in [0.4, 0.5) is 5.69 Å². The third-order valence-corrected chi connectivity index (χ3v) is 6.37. The van der Waals surface area contributed by atoms with Crippen molar-refractivity contribution in [2.45, 2.75) is 4.90 Å². The molecule has 0 heterocycles. The van der Waals surface area contributed by atoms with E-state index in [1.165, 1.54) is 23.5 Å². The summed E-state index contributed by atoms with van der Waals surface area (Å²) in [6, 6.07) is 21.9. The summed E-state index contributed by atoms with van der Waals surface area (Å²) >= 11 is 0. The van der Waals surface area contributed by atoms with Crippen LogP contribution in [-0.2, 0) is 10.0 Å². The second-order valence-electron chi connectivity index (χ2n) is 6.59. The molecule has 0 saturated carbocycles. The number of methoxy groups -OCH3 is 1. The van der Waals surface area contributed by atoms with Gasteiger partial charge in [0.25, 0.3) is 15.9 Å². The predicted octanol–water partition coefficient (Wildman–Crippen LogP) is 3.33. The Bertz CT molecular complexity index is 1130. The van der Waals surface area contributed by atoms with Crippen molar-refractivity contribution in [3.05, 3.63) is 84.4 Å². The molecule has 0 bridgehead atoms. The van der Waals surface area contributed by atoms with Gasteiger partial charge in [0.2, 0.25) is 0 Å². The van der Waals surface area contributed by atoms with E-state index in [-0.39, 0.29) is 29.5 Å². The predicted molar refractivity (Wildman–Crippen MR) is 119 cm³/mol. The van der Waals surface area contributed by atoms with E-state index in [0.717, 1.165) is 0 Å². The van der Waals surface area contributed by atoms with Crippen LogP contribution in [0.15, 0.2) is 83.8 Å². The Labute approximate surface area is 182 Å². The lowest BCUT2D eigenvalue weighted by Gasteiger charge is -2.19. The third kappa shape index (κ3) is 5.35. The lowest BCUT2D eigenvalue weighted by Crippen LogP contribution is -2.29. The molecule has 0 aromatic heterocycles. The van der Waals surface area contributed by atoms with Gasteiger partial charge in [0, 0.05) is 12.6 Å². The molecule has 31 heavy (non-hydrogen) atoms. The van der Waals surface area contributed by atoms with Crippen molar-refractivity contribution in [3.63, 3.8) is 0 Å². The van der Waals surface area contributed by atoms with Gasteiger partial charge in [-0.25, -0.2) is 8.42 Å². The molecule has 0 aliphatic rings. The molecule has 3 aromatic carbocycles. The fourth-order valence-corrected chi connectivity index (χ4v) is 4.14. The van der Waals surface area contributed by atoms with Crippen molar-refractivity contribution in [2.75, 3.05) is 31.6 Å². The molecule has 0 saturated heterocycles. The van der Waals surface area contributed by atoms with E-state index < -0.39 is 10.0 Å². The molecular formula is C23H24N2O5S. The number of nitrogens with zero attached hydrogens (tertiary/aromatic N) is 1. The van der Waals surface area contributed by atoms with Gasteiger partial charge >= 0.3 is 0 Å². The van der Waals surface area contributed by atoms with Crippen LogP contribution >= 0.6 is 0 Å². The number of amides is 1. The first-order valence-corrected chi connectivity index (χ1v) is 11.1. The number of carbonyl (C=O) groups is 1. The van der Waals surface area contributed by atoms with Crippen molar-refractivity contribution in [3.8, 4) is 11.5 Å². The molecule has 1 N–H and O–H groups in total. The number of anilines is 1. The summed E-state index contributed by atoms with van der Waals surface area (Å²) in [4.78, 5) is 12.5. The van der Waals surface area contributed by atoms with Gasteiger partial charge in [-0.2, -0.15) is 0 Å². The first-order valence-electron chi connectivity index (χ1n) is 9.61. The lowest BCUT2D eigenvalue weighted by molar-refractivity contribution is 0.0946. The molecule has 0 aliphatic carbocycles. The SMILES string of the molecule is COc1ccccc1OCCNC(=O)c1cccc(S(=O)(=O)N(C)c2ccccc2)c1. The van der Waals surface area contributed by atoms with Gasteiger partial charge < -0.3 is 14.8 Å². The molecule has 0 atom stereocenters. The largest absolute Gasteiger partial charge is 0.493 e. The number of hydrogen-bond donors (Lipinski definition) is 1. The van der Waals surface area contributed by atoms with Crippen LogP contribution in [0.2, 0.25) is 0 Å². The summed E-state index contributed by atoms with van der Waals surface area (Å²) in [5.41, 5.74) is 0.783. The van der Waals surface area contributed by atoms with Crippen molar-refractivity contribution >= 4 is 21.6 Å². The Balaban J connectivity index is 1.63. The van der Waals surface area contributed by atoms with Crippen molar-refractivity contribution in [2.24, 2.45) is 0 Å². The molecule has 0 unspecified atom stereocenters. The molecule has 1 amide bonds. The van der Waals surface area contributed by atoms with Crippen LogP contribution in [0.5, 0.6) is 11.5 Å². The molecule has 0 spiro atoms. The van der Waals surface area contributed by atoms with Crippen molar-refractivity contribution in [1.29, 1.82) is 0 Å². The van der Waals surface area contributed by atoms with E-state index in [1.54, 1.807) is 55.6 Å². The number of nitrogens with one attached hydrogen (secondary N) is 1. The normalized spacial score (nSPS) is 10.9. The zero-order chi connectivity index (χ0) is 22.3. The highest BCUT2D eigenvalue weighted by Crippen LogP contribution is 2.25. The van der Waals surface area contributed by atoms with Crippen LogP contribution in [0.25, 0.3) is 0 Å². The Hall–Kier alpha value is -3.52. The molecule has 0 radical (unpaired) electrons. The van der Waals surface area contributed by atoms with Gasteiger partial charge in [-0.1, -0.05) is 36.4 Å². The van der Waals surface area contributed by atoms with Crippen LogP contribution in [-0.4, -0.2) is 41.6 Å². The smallest absolute Gasteiger partial charge is 0.264 e. The highest BCUT2D eigenvalue weighted by Gasteiger charge is 2.22. The second-order valence-corrected chi connectivity index (χ2v) is 8.56. The first kappa shape index (κ1) is 22.2. The van der Waals surface area contributed by atoms with Gasteiger partial charge in [-0.15, -0.1) is 0 Å². The number of sulfonamides is 1. The fraction of sp³-hybridized carbons (Fsp3) is 0.174. The Morgan fingerprint density at radius 3 is 2.32 bits per heavy atom. The van der Waals surface area contributed by atoms with Crippen LogP contribution < -0.4 is 19.1 Å². The summed E-state index contributed by atoms with van der Waals surface area (Å²) < 4.78 is 37.9. The number of rotatable bonds is 9. The molecule has 7 nitrogen and oxygen atoms in total. The van der Waals surface area contributed by atoms with E-state index in [0.29, 0.717) is 17.2 Å². The number of hydrogen-bond acceptors (Lipinski definition) is 5. The third-order valence-electron chi connectivity index (χ3n) is 4.59. The second kappa shape index (κ2) is 9.99. The first-order chi connectivity index (χ1) is 14.9. The Morgan fingerprint density at radius 1 is 0.935 bits per heavy atom. The summed E-state index contributed by atoms with van der Waals surface area (Å²) in [5, 5.41) is 2.73. The maximum Gasteiger partial charge on any atom is 0.264 e. The summed E-state index contributed by atoms with van der Waals surface area (Å²) in [6.07, 6.45) is 0. The highest BCUT2D eigenvalue weighted by atomic mass is 32.2. The Morgan fingerprint density at radius 2 is 1.61 bits per heavy atom. The minimum absolute atomic E-state index is 0.0387. The van der Waals surface area contributed by atoms with Crippen LogP contribution in [0, 0.1) is 0 Å². The van der Waals surface area contributed by atoms with Gasteiger partial charge in [-0.05, 0) is 42.5 Å². The van der Waals surface area contributed by atoms with E-state index in [9.17, 15) is 13.2 Å². The Kier molecular flexibility index (Phi) is 7.15. The van der Waals surface area contributed by atoms with Crippen LogP contribution in [0.1, 0.15) is 10.4 Å². The monoisotopic (exact) mass is 440 g/mol. The van der Waals surface area contributed by atoms with Crippen LogP contribution in [0.3, 0.4) is 0 Å². The van der Waals surface area contributed by atoms with Crippen molar-refractivity contribution in [1.82, 2.24) is 5.32 Å². The summed E-state index contributed by atoms with van der Waals surface area (Å²) in [6.45, 7) is 0.485. The fourth-order valence-electron chi connectivity index (χ4n) is 2.90. The summed E-state index contributed by atoms with van der Waals surface area (Å²) in [7, 11) is -0.768. The minimum Gasteiger partial charge on any atom is -0.493 e. The minimum atomic E-state index is -3.80. The molecule has 8 heteroatoms. The molecule has 0 fully saturated rings. The van der Waals surface area contributed by atoms with E-state index in [2.05, 4.69) is 5.32 Å². The quantitative estimate of drug-likeness (QED) is 0.516. The number of carbonyl (C=O) groups excluding carboxylic acids is 1. The number of para-hydroxylation sites is 3. The van der Waals surface area contributed by atoms with Gasteiger partial charge in [0.05, 0.1) is 24.2 Å². The molecule has 0 aliphatic heterocycles.